The lowest BCUT2D eigenvalue weighted by Crippen LogP contribution is -2.20. The number of hydrogen-bond donors (Lipinski definition) is 2. The second-order valence-electron chi connectivity index (χ2n) is 4.40. The van der Waals surface area contributed by atoms with Crippen LogP contribution in [0.25, 0.3) is 0 Å². The van der Waals surface area contributed by atoms with E-state index >= 15 is 0 Å². The first-order chi connectivity index (χ1) is 9.11. The van der Waals surface area contributed by atoms with Crippen molar-refractivity contribution in [3.63, 3.8) is 0 Å². The molecule has 0 aliphatic heterocycles. The molecule has 0 amide bonds. The minimum Gasteiger partial charge on any atom is -0.388 e. The third-order valence-corrected chi connectivity index (χ3v) is 3.09. The molecule has 0 aromatic heterocycles. The van der Waals surface area contributed by atoms with Crippen molar-refractivity contribution in [3.8, 4) is 0 Å². The summed E-state index contributed by atoms with van der Waals surface area (Å²) in [6.45, 7) is 0.184. The van der Waals surface area contributed by atoms with Crippen LogP contribution in [0.5, 0.6) is 0 Å². The summed E-state index contributed by atoms with van der Waals surface area (Å²) in [6.07, 6.45) is -1.04. The maximum Gasteiger partial charge on any atom is 0.126 e. The Morgan fingerprint density at radius 2 is 1.53 bits per heavy atom. The highest BCUT2D eigenvalue weighted by atomic mass is 19.1. The van der Waals surface area contributed by atoms with Crippen LogP contribution in [-0.2, 0) is 0 Å². The van der Waals surface area contributed by atoms with Crippen LogP contribution in [0.3, 0.4) is 0 Å². The molecule has 2 nitrogen and oxygen atoms in total. The van der Waals surface area contributed by atoms with Gasteiger partial charge in [0.05, 0.1) is 6.10 Å². The summed E-state index contributed by atoms with van der Waals surface area (Å²) in [5, 5.41) is 10.3. The van der Waals surface area contributed by atoms with E-state index in [4.69, 9.17) is 5.73 Å². The van der Waals surface area contributed by atoms with Gasteiger partial charge in [0.25, 0.3) is 0 Å². The molecule has 0 heterocycles. The average Bonchev–Trinajstić information content (AvgIpc) is 2.39. The highest BCUT2D eigenvalue weighted by Gasteiger charge is 2.22. The predicted molar refractivity (Wildman–Crippen MR) is 69.6 cm³/mol. The van der Waals surface area contributed by atoms with E-state index in [1.165, 1.54) is 0 Å². The summed E-state index contributed by atoms with van der Waals surface area (Å²) >= 11 is 0. The van der Waals surface area contributed by atoms with Crippen LogP contribution >= 0.6 is 0 Å². The van der Waals surface area contributed by atoms with Crippen molar-refractivity contribution in [2.45, 2.75) is 12.0 Å². The Bertz CT molecular complexity index is 525. The van der Waals surface area contributed by atoms with Gasteiger partial charge in [-0.3, -0.25) is 0 Å². The Hall–Kier alpha value is -1.78. The van der Waals surface area contributed by atoms with E-state index < -0.39 is 23.7 Å². The van der Waals surface area contributed by atoms with Crippen LogP contribution < -0.4 is 5.73 Å². The van der Waals surface area contributed by atoms with E-state index in [2.05, 4.69) is 0 Å². The summed E-state index contributed by atoms with van der Waals surface area (Å²) in [5.74, 6) is -1.82. The van der Waals surface area contributed by atoms with E-state index in [-0.39, 0.29) is 12.1 Å². The van der Waals surface area contributed by atoms with Gasteiger partial charge in [-0.1, -0.05) is 30.3 Å². The largest absolute Gasteiger partial charge is 0.388 e. The Kier molecular flexibility index (Phi) is 4.24. The molecule has 0 saturated heterocycles. The van der Waals surface area contributed by atoms with Gasteiger partial charge in [-0.2, -0.15) is 0 Å². The lowest BCUT2D eigenvalue weighted by molar-refractivity contribution is 0.146. The van der Waals surface area contributed by atoms with Gasteiger partial charge in [0.15, 0.2) is 0 Å². The van der Waals surface area contributed by atoms with Crippen molar-refractivity contribution >= 4 is 0 Å². The molecule has 2 aromatic rings. The maximum absolute atomic E-state index is 13.2. The molecule has 0 saturated carbocycles. The van der Waals surface area contributed by atoms with Gasteiger partial charge in [-0.05, 0) is 23.3 Å². The quantitative estimate of drug-likeness (QED) is 0.891. The number of halogens is 2. The number of aliphatic hydroxyl groups is 1. The molecule has 0 radical (unpaired) electrons. The molecule has 2 unspecified atom stereocenters. The van der Waals surface area contributed by atoms with Crippen molar-refractivity contribution in [1.82, 2.24) is 0 Å². The monoisotopic (exact) mass is 263 g/mol. The van der Waals surface area contributed by atoms with Gasteiger partial charge >= 0.3 is 0 Å². The van der Waals surface area contributed by atoms with Crippen molar-refractivity contribution in [3.05, 3.63) is 71.3 Å². The molecule has 0 aliphatic carbocycles. The first-order valence-corrected chi connectivity index (χ1v) is 6.01. The highest BCUT2D eigenvalue weighted by molar-refractivity contribution is 5.27. The number of nitrogens with two attached hydrogens (primary N) is 1. The molecule has 2 aromatic carbocycles. The van der Waals surface area contributed by atoms with Crippen molar-refractivity contribution in [2.75, 3.05) is 6.54 Å². The third kappa shape index (κ3) is 3.16. The SMILES string of the molecule is NCC(c1ccccc1)C(O)c1cc(F)cc(F)c1. The van der Waals surface area contributed by atoms with Gasteiger partial charge in [-0.25, -0.2) is 8.78 Å². The fourth-order valence-corrected chi connectivity index (χ4v) is 2.13. The fourth-order valence-electron chi connectivity index (χ4n) is 2.13. The summed E-state index contributed by atoms with van der Waals surface area (Å²) in [6, 6.07) is 12.2. The van der Waals surface area contributed by atoms with Gasteiger partial charge in [0, 0.05) is 18.5 Å². The Balaban J connectivity index is 2.33. The maximum atomic E-state index is 13.2. The zero-order chi connectivity index (χ0) is 13.8. The number of rotatable bonds is 4. The minimum absolute atomic E-state index is 0.184. The Morgan fingerprint density at radius 3 is 2.05 bits per heavy atom. The number of hydrogen-bond acceptors (Lipinski definition) is 2. The molecule has 2 atom stereocenters. The standard InChI is InChI=1S/C15H15F2NO/c16-12-6-11(7-13(17)8-12)15(19)14(9-18)10-4-2-1-3-5-10/h1-8,14-15,19H,9,18H2. The summed E-state index contributed by atoms with van der Waals surface area (Å²) in [7, 11) is 0. The van der Waals surface area contributed by atoms with Gasteiger partial charge in [0.2, 0.25) is 0 Å². The molecule has 3 N–H and O–H groups in total. The smallest absolute Gasteiger partial charge is 0.126 e. The number of aliphatic hydroxyl groups excluding tert-OH is 1. The minimum atomic E-state index is -1.04. The Morgan fingerprint density at radius 1 is 0.947 bits per heavy atom. The molecule has 4 heteroatoms. The third-order valence-electron chi connectivity index (χ3n) is 3.09. The van der Waals surface area contributed by atoms with E-state index in [1.807, 2.05) is 30.3 Å². The molecular formula is C15H15F2NO. The molecule has 0 spiro atoms. The molecular weight excluding hydrogens is 248 g/mol. The van der Waals surface area contributed by atoms with Gasteiger partial charge in [-0.15, -0.1) is 0 Å². The van der Waals surface area contributed by atoms with E-state index in [9.17, 15) is 13.9 Å². The molecule has 0 fully saturated rings. The number of benzene rings is 2. The first kappa shape index (κ1) is 13.6. The highest BCUT2D eigenvalue weighted by Crippen LogP contribution is 2.30. The molecule has 100 valence electrons. The average molecular weight is 263 g/mol. The van der Waals surface area contributed by atoms with Crippen molar-refractivity contribution in [1.29, 1.82) is 0 Å². The van der Waals surface area contributed by atoms with Crippen molar-refractivity contribution < 1.29 is 13.9 Å². The molecule has 0 aliphatic rings. The van der Waals surface area contributed by atoms with Crippen LogP contribution in [0.15, 0.2) is 48.5 Å². The summed E-state index contributed by atoms with van der Waals surface area (Å²) in [4.78, 5) is 0. The zero-order valence-electron chi connectivity index (χ0n) is 10.3. The fraction of sp³-hybridized carbons (Fsp3) is 0.200. The van der Waals surface area contributed by atoms with E-state index in [1.54, 1.807) is 0 Å². The van der Waals surface area contributed by atoms with Crippen LogP contribution in [0.1, 0.15) is 23.1 Å². The molecule has 0 bridgehead atoms. The first-order valence-electron chi connectivity index (χ1n) is 6.01. The van der Waals surface area contributed by atoms with Gasteiger partial charge in [0.1, 0.15) is 11.6 Å². The van der Waals surface area contributed by atoms with Crippen LogP contribution in [-0.4, -0.2) is 11.7 Å². The zero-order valence-corrected chi connectivity index (χ0v) is 10.3. The van der Waals surface area contributed by atoms with E-state index in [0.29, 0.717) is 0 Å². The van der Waals surface area contributed by atoms with Crippen LogP contribution in [0.2, 0.25) is 0 Å². The topological polar surface area (TPSA) is 46.2 Å². The normalized spacial score (nSPS) is 14.1. The molecule has 2 rings (SSSR count). The summed E-state index contributed by atoms with van der Waals surface area (Å²) < 4.78 is 26.4. The van der Waals surface area contributed by atoms with Crippen molar-refractivity contribution in [2.24, 2.45) is 5.73 Å². The van der Waals surface area contributed by atoms with Gasteiger partial charge < -0.3 is 10.8 Å². The van der Waals surface area contributed by atoms with E-state index in [0.717, 1.165) is 23.8 Å². The second-order valence-corrected chi connectivity index (χ2v) is 4.40. The summed E-state index contributed by atoms with van der Waals surface area (Å²) in [5.41, 5.74) is 6.70. The predicted octanol–water partition coefficient (Wildman–Crippen LogP) is 2.74. The van der Waals surface area contributed by atoms with Crippen LogP contribution in [0.4, 0.5) is 8.78 Å². The molecule has 19 heavy (non-hydrogen) atoms. The second kappa shape index (κ2) is 5.91. The Labute approximate surface area is 110 Å². The lowest BCUT2D eigenvalue weighted by Gasteiger charge is -2.22. The van der Waals surface area contributed by atoms with Crippen LogP contribution in [0, 0.1) is 11.6 Å². The lowest BCUT2D eigenvalue weighted by atomic mass is 9.89.